The Kier molecular flexibility index (Phi) is 6.27. The SMILES string of the molecule is COC(=O)CN(Cc1cccc(C)c1[N+](=O)[O-])C(=O)OC(C)(C)C. The van der Waals surface area contributed by atoms with Crippen molar-refractivity contribution in [3.63, 3.8) is 0 Å². The summed E-state index contributed by atoms with van der Waals surface area (Å²) in [4.78, 5) is 35.7. The molecule has 1 aromatic rings. The summed E-state index contributed by atoms with van der Waals surface area (Å²) in [6.45, 7) is 6.18. The number of carbonyl (C=O) groups is 2. The predicted octanol–water partition coefficient (Wildman–Crippen LogP) is 2.81. The lowest BCUT2D eigenvalue weighted by molar-refractivity contribution is -0.386. The van der Waals surface area contributed by atoms with E-state index in [4.69, 9.17) is 4.74 Å². The van der Waals surface area contributed by atoms with E-state index in [1.807, 2.05) is 0 Å². The third-order valence-corrected chi connectivity index (χ3v) is 3.06. The fourth-order valence-electron chi connectivity index (χ4n) is 2.05. The summed E-state index contributed by atoms with van der Waals surface area (Å²) in [6.07, 6.45) is -0.747. The Labute approximate surface area is 140 Å². The van der Waals surface area contributed by atoms with E-state index in [-0.39, 0.29) is 18.8 Å². The minimum absolute atomic E-state index is 0.0871. The molecule has 1 amide bonds. The van der Waals surface area contributed by atoms with Crippen LogP contribution in [0.15, 0.2) is 18.2 Å². The van der Waals surface area contributed by atoms with Crippen molar-refractivity contribution in [2.24, 2.45) is 0 Å². The molecule has 1 aromatic carbocycles. The zero-order chi connectivity index (χ0) is 18.5. The van der Waals surface area contributed by atoms with Crippen molar-refractivity contribution < 1.29 is 24.0 Å². The van der Waals surface area contributed by atoms with Crippen LogP contribution in [0.3, 0.4) is 0 Å². The third-order valence-electron chi connectivity index (χ3n) is 3.06. The molecule has 0 atom stereocenters. The smallest absolute Gasteiger partial charge is 0.411 e. The highest BCUT2D eigenvalue weighted by molar-refractivity contribution is 5.78. The van der Waals surface area contributed by atoms with Crippen LogP contribution < -0.4 is 0 Å². The average molecular weight is 338 g/mol. The van der Waals surface area contributed by atoms with E-state index >= 15 is 0 Å². The lowest BCUT2D eigenvalue weighted by atomic mass is 10.1. The second kappa shape index (κ2) is 7.76. The van der Waals surface area contributed by atoms with Gasteiger partial charge in [0.1, 0.15) is 12.1 Å². The lowest BCUT2D eigenvalue weighted by Gasteiger charge is -2.26. The number of hydrogen-bond donors (Lipinski definition) is 0. The molecule has 0 heterocycles. The van der Waals surface area contributed by atoms with Crippen LogP contribution in [0.1, 0.15) is 31.9 Å². The van der Waals surface area contributed by atoms with Gasteiger partial charge in [0.05, 0.1) is 18.6 Å². The molecule has 8 nitrogen and oxygen atoms in total. The van der Waals surface area contributed by atoms with Gasteiger partial charge in [-0.1, -0.05) is 18.2 Å². The summed E-state index contributed by atoms with van der Waals surface area (Å²) >= 11 is 0. The number of nitro benzene ring substituents is 1. The Balaban J connectivity index is 3.14. The molecule has 0 unspecified atom stereocenters. The van der Waals surface area contributed by atoms with Gasteiger partial charge >= 0.3 is 12.1 Å². The Bertz CT molecular complexity index is 636. The number of hydrogen-bond acceptors (Lipinski definition) is 6. The predicted molar refractivity (Wildman–Crippen MR) is 86.5 cm³/mol. The van der Waals surface area contributed by atoms with E-state index in [9.17, 15) is 19.7 Å². The van der Waals surface area contributed by atoms with Crippen molar-refractivity contribution >= 4 is 17.7 Å². The Morgan fingerprint density at radius 1 is 1.29 bits per heavy atom. The van der Waals surface area contributed by atoms with E-state index < -0.39 is 22.6 Å². The highest BCUT2D eigenvalue weighted by Gasteiger charge is 2.27. The van der Waals surface area contributed by atoms with Gasteiger partial charge in [0.15, 0.2) is 0 Å². The fourth-order valence-corrected chi connectivity index (χ4v) is 2.05. The van der Waals surface area contributed by atoms with E-state index in [0.717, 1.165) is 4.90 Å². The maximum atomic E-state index is 12.3. The quantitative estimate of drug-likeness (QED) is 0.465. The number of methoxy groups -OCH3 is 1. The molecule has 0 radical (unpaired) electrons. The molecule has 24 heavy (non-hydrogen) atoms. The summed E-state index contributed by atoms with van der Waals surface area (Å²) < 4.78 is 9.84. The largest absolute Gasteiger partial charge is 0.468 e. The van der Waals surface area contributed by atoms with E-state index in [0.29, 0.717) is 11.1 Å². The second-order valence-corrected chi connectivity index (χ2v) is 6.25. The fraction of sp³-hybridized carbons (Fsp3) is 0.500. The highest BCUT2D eigenvalue weighted by atomic mass is 16.6. The monoisotopic (exact) mass is 338 g/mol. The van der Waals surface area contributed by atoms with Gasteiger partial charge in [-0.3, -0.25) is 19.8 Å². The Hall–Kier alpha value is -2.64. The molecule has 0 spiro atoms. The summed E-state index contributed by atoms with van der Waals surface area (Å²) in [5, 5.41) is 11.3. The molecule has 0 bridgehead atoms. The molecule has 8 heteroatoms. The van der Waals surface area contributed by atoms with Crippen LogP contribution >= 0.6 is 0 Å². The van der Waals surface area contributed by atoms with Crippen molar-refractivity contribution in [2.45, 2.75) is 39.8 Å². The van der Waals surface area contributed by atoms with Crippen molar-refractivity contribution in [3.05, 3.63) is 39.4 Å². The van der Waals surface area contributed by atoms with E-state index in [1.54, 1.807) is 45.9 Å². The summed E-state index contributed by atoms with van der Waals surface area (Å²) in [5.41, 5.74) is -0.0605. The molecular formula is C16H22N2O6. The summed E-state index contributed by atoms with van der Waals surface area (Å²) in [5.74, 6) is -0.642. The van der Waals surface area contributed by atoms with Gasteiger partial charge in [0.2, 0.25) is 0 Å². The molecule has 132 valence electrons. The molecule has 0 saturated carbocycles. The molecule has 0 aromatic heterocycles. The lowest BCUT2D eigenvalue weighted by Crippen LogP contribution is -2.39. The first-order valence-corrected chi connectivity index (χ1v) is 7.32. The van der Waals surface area contributed by atoms with Crippen LogP contribution in [-0.4, -0.2) is 41.1 Å². The van der Waals surface area contributed by atoms with Crippen LogP contribution in [0.5, 0.6) is 0 Å². The number of esters is 1. The van der Waals surface area contributed by atoms with Crippen molar-refractivity contribution in [3.8, 4) is 0 Å². The first-order valence-electron chi connectivity index (χ1n) is 7.32. The Morgan fingerprint density at radius 3 is 2.42 bits per heavy atom. The molecule has 0 aliphatic rings. The van der Waals surface area contributed by atoms with Gasteiger partial charge < -0.3 is 9.47 Å². The molecule has 1 rings (SSSR count). The van der Waals surface area contributed by atoms with Gasteiger partial charge in [0, 0.05) is 11.1 Å². The first-order chi connectivity index (χ1) is 11.0. The molecular weight excluding hydrogens is 316 g/mol. The number of aryl methyl sites for hydroxylation is 1. The number of amides is 1. The molecule has 0 saturated heterocycles. The van der Waals surface area contributed by atoms with Gasteiger partial charge in [-0.2, -0.15) is 0 Å². The van der Waals surface area contributed by atoms with Gasteiger partial charge in [-0.05, 0) is 27.7 Å². The molecule has 0 aliphatic carbocycles. The number of para-hydroxylation sites is 1. The molecule has 0 N–H and O–H groups in total. The van der Waals surface area contributed by atoms with Gasteiger partial charge in [-0.15, -0.1) is 0 Å². The van der Waals surface area contributed by atoms with Gasteiger partial charge in [-0.25, -0.2) is 4.79 Å². The van der Waals surface area contributed by atoms with Crippen LogP contribution in [0, 0.1) is 17.0 Å². The standard InChI is InChI=1S/C16H22N2O6/c1-11-7-6-8-12(14(11)18(21)22)9-17(10-13(19)23-5)15(20)24-16(2,3)4/h6-8H,9-10H2,1-5H3. The molecule has 0 fully saturated rings. The normalized spacial score (nSPS) is 10.9. The minimum atomic E-state index is -0.760. The average Bonchev–Trinajstić information content (AvgIpc) is 2.44. The first kappa shape index (κ1) is 19.4. The zero-order valence-electron chi connectivity index (χ0n) is 14.5. The Morgan fingerprint density at radius 2 is 1.92 bits per heavy atom. The number of carbonyl (C=O) groups excluding carboxylic acids is 2. The summed E-state index contributed by atoms with van der Waals surface area (Å²) in [6, 6.07) is 4.81. The van der Waals surface area contributed by atoms with Gasteiger partial charge in [0.25, 0.3) is 5.69 Å². The van der Waals surface area contributed by atoms with Crippen molar-refractivity contribution in [2.75, 3.05) is 13.7 Å². The van der Waals surface area contributed by atoms with Crippen LogP contribution in [0.25, 0.3) is 0 Å². The van der Waals surface area contributed by atoms with Crippen molar-refractivity contribution in [1.82, 2.24) is 4.90 Å². The maximum absolute atomic E-state index is 12.3. The maximum Gasteiger partial charge on any atom is 0.411 e. The molecule has 0 aliphatic heterocycles. The zero-order valence-corrected chi connectivity index (χ0v) is 14.5. The summed E-state index contributed by atoms with van der Waals surface area (Å²) in [7, 11) is 1.20. The third kappa shape index (κ3) is 5.53. The number of nitrogens with zero attached hydrogens (tertiary/aromatic N) is 2. The van der Waals surface area contributed by atoms with E-state index in [1.165, 1.54) is 7.11 Å². The van der Waals surface area contributed by atoms with Crippen molar-refractivity contribution in [1.29, 1.82) is 0 Å². The van der Waals surface area contributed by atoms with E-state index in [2.05, 4.69) is 4.74 Å². The number of ether oxygens (including phenoxy) is 2. The minimum Gasteiger partial charge on any atom is -0.468 e. The number of rotatable bonds is 5. The van der Waals surface area contributed by atoms with Crippen LogP contribution in [0.4, 0.5) is 10.5 Å². The van der Waals surface area contributed by atoms with Crippen LogP contribution in [0.2, 0.25) is 0 Å². The second-order valence-electron chi connectivity index (χ2n) is 6.25. The highest BCUT2D eigenvalue weighted by Crippen LogP contribution is 2.25. The van der Waals surface area contributed by atoms with Crippen LogP contribution in [-0.2, 0) is 20.8 Å². The number of nitro groups is 1. The topological polar surface area (TPSA) is 99.0 Å². The number of benzene rings is 1.